The lowest BCUT2D eigenvalue weighted by atomic mass is 10.0. The summed E-state index contributed by atoms with van der Waals surface area (Å²) in [4.78, 5) is 67.9. The molecule has 1 aliphatic carbocycles. The average Bonchev–Trinajstić information content (AvgIpc) is 3.81. The second kappa shape index (κ2) is 13.2. The van der Waals surface area contributed by atoms with Crippen LogP contribution in [-0.2, 0) is 13.0 Å². The lowest BCUT2D eigenvalue weighted by Gasteiger charge is -2.14. The maximum atomic E-state index is 12.8. The fraction of sp³-hybridized carbons (Fsp3) is 0.133. The number of aromatic hydroxyl groups is 1. The van der Waals surface area contributed by atoms with E-state index in [2.05, 4.69) is 35.3 Å². The molecule has 246 valence electrons. The summed E-state index contributed by atoms with van der Waals surface area (Å²) in [5.74, 6) is -2.70. The quantitative estimate of drug-likeness (QED) is 0.118. The molecule has 0 unspecified atom stereocenters. The molecule has 18 heteroatoms. The molecule has 6 aromatic rings. The topological polar surface area (TPSA) is 274 Å². The van der Waals surface area contributed by atoms with Crippen molar-refractivity contribution in [3.63, 3.8) is 0 Å². The number of aryl methyl sites for hydroxylation is 1. The molecule has 7 rings (SSSR count). The molecule has 3 aromatic heterocycles. The van der Waals surface area contributed by atoms with Crippen LogP contribution in [0.3, 0.4) is 0 Å². The highest BCUT2D eigenvalue weighted by atomic mass is 35.5. The minimum atomic E-state index is -1.33. The molecule has 3 heterocycles. The number of anilines is 3. The van der Waals surface area contributed by atoms with Gasteiger partial charge in [0, 0.05) is 23.9 Å². The van der Waals surface area contributed by atoms with Crippen LogP contribution in [-0.4, -0.2) is 46.6 Å². The van der Waals surface area contributed by atoms with E-state index in [0.29, 0.717) is 36.5 Å². The highest BCUT2D eigenvalue weighted by Crippen LogP contribution is 2.33. The summed E-state index contributed by atoms with van der Waals surface area (Å²) in [6, 6.07) is 13.5. The molecule has 0 bridgehead atoms. The molecule has 0 saturated heterocycles. The summed E-state index contributed by atoms with van der Waals surface area (Å²) in [7, 11) is 0. The number of carboxylic acids is 1. The zero-order valence-corrected chi connectivity index (χ0v) is 25.4. The van der Waals surface area contributed by atoms with Crippen molar-refractivity contribution in [3.8, 4) is 17.3 Å². The Bertz CT molecular complexity index is 2320. The predicted octanol–water partition coefficient (Wildman–Crippen LogP) is 1.38. The molecule has 3 aromatic carbocycles. The van der Waals surface area contributed by atoms with E-state index < -0.39 is 28.5 Å². The van der Waals surface area contributed by atoms with Gasteiger partial charge in [-0.15, -0.1) is 12.4 Å². The normalized spacial score (nSPS) is 13.3. The zero-order valence-electron chi connectivity index (χ0n) is 24.6. The molecule has 9 N–H and O–H groups in total. The van der Waals surface area contributed by atoms with Crippen molar-refractivity contribution in [1.29, 1.82) is 0 Å². The second-order valence-electron chi connectivity index (χ2n) is 10.5. The van der Waals surface area contributed by atoms with Crippen molar-refractivity contribution in [1.82, 2.24) is 29.8 Å². The molecule has 0 fully saturated rings. The highest BCUT2D eigenvalue weighted by Gasteiger charge is 2.27. The number of benzene rings is 2. The Morgan fingerprint density at radius 2 is 1.90 bits per heavy atom. The molecule has 1 amide bonds. The Labute approximate surface area is 274 Å². The van der Waals surface area contributed by atoms with E-state index in [1.54, 1.807) is 18.2 Å². The van der Waals surface area contributed by atoms with Gasteiger partial charge in [-0.2, -0.15) is 0 Å². The zero-order chi connectivity index (χ0) is 33.4. The number of H-pyrrole nitrogens is 1. The summed E-state index contributed by atoms with van der Waals surface area (Å²) in [6.45, 7) is 0.414. The number of carbonyl (C=O) groups excluding carboxylic acids is 1. The summed E-state index contributed by atoms with van der Waals surface area (Å²) in [6.07, 6.45) is 2.39. The number of amides is 1. The minimum Gasteiger partial charge on any atom is -0.493 e. The number of carbonyl (C=O) groups is 2. The number of rotatable bonds is 7. The van der Waals surface area contributed by atoms with Gasteiger partial charge in [0.25, 0.3) is 16.8 Å². The summed E-state index contributed by atoms with van der Waals surface area (Å²) in [5.41, 5.74) is 13.6. The van der Waals surface area contributed by atoms with Crippen molar-refractivity contribution >= 4 is 47.1 Å². The fourth-order valence-corrected chi connectivity index (χ4v) is 5.21. The summed E-state index contributed by atoms with van der Waals surface area (Å²) >= 11 is 0. The number of imidazole rings is 1. The van der Waals surface area contributed by atoms with Crippen molar-refractivity contribution in [3.05, 3.63) is 114 Å². The van der Waals surface area contributed by atoms with Crippen LogP contribution in [0.5, 0.6) is 5.88 Å². The van der Waals surface area contributed by atoms with Crippen LogP contribution in [0.1, 0.15) is 50.1 Å². The molecule has 17 nitrogen and oxygen atoms in total. The maximum Gasteiger partial charge on any atom is 0.439 e. The smallest absolute Gasteiger partial charge is 0.439 e. The Balaban J connectivity index is 0.000000224. The van der Waals surface area contributed by atoms with Crippen molar-refractivity contribution in [2.24, 2.45) is 5.73 Å². The molecule has 0 spiro atoms. The number of nitrogens with one attached hydrogen (secondary N) is 3. The first-order chi connectivity index (χ1) is 22.5. The van der Waals surface area contributed by atoms with Crippen molar-refractivity contribution in [2.45, 2.75) is 25.4 Å². The first-order valence-electron chi connectivity index (χ1n) is 14.0. The van der Waals surface area contributed by atoms with Crippen LogP contribution in [0.25, 0.3) is 17.2 Å². The largest absolute Gasteiger partial charge is 0.493 e. The van der Waals surface area contributed by atoms with E-state index in [1.807, 2.05) is 24.3 Å². The number of hydrogen-bond acceptors (Lipinski definition) is 13. The molecular weight excluding hydrogens is 650 g/mol. The lowest BCUT2D eigenvalue weighted by Crippen LogP contribution is -2.36. The number of nitrogens with two attached hydrogens (primary N) is 2. The van der Waals surface area contributed by atoms with E-state index in [1.165, 1.54) is 0 Å². The number of fused-ring (bicyclic) bond motifs is 2. The SMILES string of the molecule is Cl.NCc1cccc(Nc2c(N)c(=O)c2=O)c1.O=C(N[C@H]1CCc2cc(-c3noc(=O)[nH]3)ccc21)c1cc(C(=O)O)n2c(O)cnc2n1. The third kappa shape index (κ3) is 6.22. The van der Waals surface area contributed by atoms with Gasteiger partial charge in [-0.25, -0.2) is 24.0 Å². The van der Waals surface area contributed by atoms with Crippen LogP contribution in [0, 0.1) is 0 Å². The molecule has 48 heavy (non-hydrogen) atoms. The van der Waals surface area contributed by atoms with E-state index in [-0.39, 0.29) is 52.9 Å². The van der Waals surface area contributed by atoms with Gasteiger partial charge in [-0.3, -0.25) is 23.9 Å². The highest BCUT2D eigenvalue weighted by molar-refractivity contribution is 5.96. The molecule has 1 aliphatic rings. The predicted molar refractivity (Wildman–Crippen MR) is 173 cm³/mol. The number of aromatic amines is 1. The molecule has 0 aliphatic heterocycles. The monoisotopic (exact) mass is 675 g/mol. The van der Waals surface area contributed by atoms with Crippen LogP contribution in [0.4, 0.5) is 17.1 Å². The Morgan fingerprint density at radius 1 is 1.10 bits per heavy atom. The molecular formula is C30H26ClN9O8. The number of hydrogen-bond donors (Lipinski definition) is 7. The fourth-order valence-electron chi connectivity index (χ4n) is 5.21. The maximum absolute atomic E-state index is 12.8. The van der Waals surface area contributed by atoms with Crippen LogP contribution >= 0.6 is 12.4 Å². The Morgan fingerprint density at radius 3 is 2.58 bits per heavy atom. The number of halogens is 1. The van der Waals surface area contributed by atoms with Crippen molar-refractivity contribution < 1.29 is 24.3 Å². The van der Waals surface area contributed by atoms with E-state index in [4.69, 9.17) is 11.5 Å². The number of nitrogens with zero attached hydrogens (tertiary/aromatic N) is 4. The molecule has 1 atom stereocenters. The van der Waals surface area contributed by atoms with E-state index >= 15 is 0 Å². The minimum absolute atomic E-state index is 0. The standard InChI is InChI=1S/C19H14N6O6.C11H11N3O2.ClH/c26-14-7-20-18-22-12(6-13(17(28)29)25(14)18)16(27)21-11-4-2-8-5-9(1-3-10(8)11)15-23-19(30)31-24-15;12-5-6-2-1-3-7(4-6)14-9-8(13)10(15)11(9)16;/h1,3,5-7,11,26H,2,4H2,(H,21,27)(H,28,29)(H,23,24,30);1-4,14H,5,12-13H2;1H/t11-;;/m0../s1. The molecule has 0 saturated carbocycles. The van der Waals surface area contributed by atoms with E-state index in [9.17, 15) is 34.2 Å². The third-order valence-electron chi connectivity index (χ3n) is 7.53. The van der Waals surface area contributed by atoms with Gasteiger partial charge in [-0.1, -0.05) is 29.4 Å². The number of nitrogen functional groups attached to an aromatic ring is 1. The Kier molecular flexibility index (Phi) is 9.08. The number of carboxylic acid groups (broad SMARTS) is 1. The second-order valence-corrected chi connectivity index (χ2v) is 10.5. The van der Waals surface area contributed by atoms with Gasteiger partial charge in [0.2, 0.25) is 11.7 Å². The third-order valence-corrected chi connectivity index (χ3v) is 7.53. The summed E-state index contributed by atoms with van der Waals surface area (Å²) in [5, 5.41) is 28.5. The van der Waals surface area contributed by atoms with Gasteiger partial charge in [0.05, 0.1) is 12.2 Å². The first-order valence-corrected chi connectivity index (χ1v) is 14.0. The Hall–Kier alpha value is -6.33. The van der Waals surface area contributed by atoms with Gasteiger partial charge >= 0.3 is 11.7 Å². The van der Waals surface area contributed by atoms with Gasteiger partial charge < -0.3 is 32.3 Å². The van der Waals surface area contributed by atoms with Crippen LogP contribution in [0.2, 0.25) is 0 Å². The number of aromatic nitrogens is 5. The van der Waals surface area contributed by atoms with Crippen LogP contribution < -0.4 is 38.7 Å². The average molecular weight is 676 g/mol. The molecule has 0 radical (unpaired) electrons. The van der Waals surface area contributed by atoms with E-state index in [0.717, 1.165) is 33.4 Å². The van der Waals surface area contributed by atoms with Crippen molar-refractivity contribution in [2.75, 3.05) is 11.1 Å². The lowest BCUT2D eigenvalue weighted by molar-refractivity contribution is 0.0687. The first kappa shape index (κ1) is 33.0. The number of aromatic carboxylic acids is 1. The van der Waals surface area contributed by atoms with Gasteiger partial charge in [-0.05, 0) is 47.7 Å². The van der Waals surface area contributed by atoms with Gasteiger partial charge in [0.1, 0.15) is 22.8 Å². The summed E-state index contributed by atoms with van der Waals surface area (Å²) < 4.78 is 5.47. The van der Waals surface area contributed by atoms with Gasteiger partial charge in [0.15, 0.2) is 5.82 Å². The van der Waals surface area contributed by atoms with Crippen LogP contribution in [0.15, 0.2) is 73.6 Å².